The highest BCUT2D eigenvalue weighted by Crippen LogP contribution is 2.19. The molecule has 2 aromatic heterocycles. The average molecular weight is 330 g/mol. The van der Waals surface area contributed by atoms with Crippen molar-refractivity contribution >= 4 is 17.5 Å². The van der Waals surface area contributed by atoms with E-state index in [1.807, 2.05) is 30.0 Å². The lowest BCUT2D eigenvalue weighted by Gasteiger charge is -2.32. The molecule has 0 saturated carbocycles. The van der Waals surface area contributed by atoms with Gasteiger partial charge in [-0.1, -0.05) is 5.16 Å². The number of hydrogen-bond donors (Lipinski definition) is 1. The number of carbonyl (C=O) groups is 1. The van der Waals surface area contributed by atoms with Crippen LogP contribution in [0.3, 0.4) is 0 Å². The van der Waals surface area contributed by atoms with Crippen LogP contribution in [0.1, 0.15) is 29.1 Å². The van der Waals surface area contributed by atoms with Crippen molar-refractivity contribution in [2.24, 2.45) is 0 Å². The summed E-state index contributed by atoms with van der Waals surface area (Å²) in [4.78, 5) is 24.6. The summed E-state index contributed by atoms with van der Waals surface area (Å²) in [6.45, 7) is 3.16. The first kappa shape index (κ1) is 16.2. The van der Waals surface area contributed by atoms with Gasteiger partial charge in [0.15, 0.2) is 5.69 Å². The van der Waals surface area contributed by atoms with E-state index in [1.54, 1.807) is 19.3 Å². The largest absolute Gasteiger partial charge is 0.367 e. The van der Waals surface area contributed by atoms with Crippen LogP contribution in [0.4, 0.5) is 11.6 Å². The van der Waals surface area contributed by atoms with Crippen LogP contribution in [-0.4, -0.2) is 59.2 Å². The van der Waals surface area contributed by atoms with E-state index < -0.39 is 0 Å². The molecule has 1 fully saturated rings. The molecule has 1 saturated heterocycles. The van der Waals surface area contributed by atoms with Gasteiger partial charge in [-0.2, -0.15) is 0 Å². The summed E-state index contributed by atoms with van der Waals surface area (Å²) < 4.78 is 4.98. The smallest absolute Gasteiger partial charge is 0.276 e. The highest BCUT2D eigenvalue weighted by atomic mass is 16.5. The van der Waals surface area contributed by atoms with Gasteiger partial charge in [0, 0.05) is 45.4 Å². The fourth-order valence-corrected chi connectivity index (χ4v) is 2.74. The van der Waals surface area contributed by atoms with E-state index in [2.05, 4.69) is 20.4 Å². The van der Waals surface area contributed by atoms with Crippen molar-refractivity contribution in [2.45, 2.75) is 25.8 Å². The number of carbonyl (C=O) groups excluding carboxylic acids is 1. The standard InChI is InChI=1S/C16H22N6O2/c1-11-8-13(20-24-11)16(23)22-6-4-12(5-7-22)19-14-9-15(21(2)3)18-10-17-14/h8-10,12H,4-7H2,1-3H3,(H,17,18,19). The van der Waals surface area contributed by atoms with Crippen LogP contribution in [0.25, 0.3) is 0 Å². The molecule has 0 radical (unpaired) electrons. The Morgan fingerprint density at radius 2 is 2.04 bits per heavy atom. The lowest BCUT2D eigenvalue weighted by molar-refractivity contribution is 0.0708. The molecule has 0 aromatic carbocycles. The monoisotopic (exact) mass is 330 g/mol. The Labute approximate surface area is 140 Å². The van der Waals surface area contributed by atoms with E-state index in [0.717, 1.165) is 24.5 Å². The number of aromatic nitrogens is 3. The predicted molar refractivity (Wildman–Crippen MR) is 90.1 cm³/mol. The molecule has 0 unspecified atom stereocenters. The van der Waals surface area contributed by atoms with Crippen LogP contribution in [0.5, 0.6) is 0 Å². The van der Waals surface area contributed by atoms with E-state index >= 15 is 0 Å². The third kappa shape index (κ3) is 3.64. The molecule has 128 valence electrons. The summed E-state index contributed by atoms with van der Waals surface area (Å²) in [6, 6.07) is 3.89. The maximum absolute atomic E-state index is 12.4. The highest BCUT2D eigenvalue weighted by Gasteiger charge is 2.25. The first-order valence-electron chi connectivity index (χ1n) is 8.01. The first-order chi connectivity index (χ1) is 11.5. The molecule has 0 atom stereocenters. The van der Waals surface area contributed by atoms with E-state index in [1.165, 1.54) is 0 Å². The molecule has 0 aliphatic carbocycles. The van der Waals surface area contributed by atoms with E-state index in [9.17, 15) is 4.79 Å². The molecular weight excluding hydrogens is 308 g/mol. The first-order valence-corrected chi connectivity index (χ1v) is 8.01. The normalized spacial score (nSPS) is 15.4. The Morgan fingerprint density at radius 3 is 2.67 bits per heavy atom. The van der Waals surface area contributed by atoms with Crippen LogP contribution >= 0.6 is 0 Å². The van der Waals surface area contributed by atoms with Crippen molar-refractivity contribution in [3.8, 4) is 0 Å². The van der Waals surface area contributed by atoms with Crippen LogP contribution in [0, 0.1) is 6.92 Å². The third-order valence-electron chi connectivity index (χ3n) is 4.09. The van der Waals surface area contributed by atoms with Gasteiger partial charge in [0.2, 0.25) is 0 Å². The summed E-state index contributed by atoms with van der Waals surface area (Å²) >= 11 is 0. The van der Waals surface area contributed by atoms with Crippen LogP contribution < -0.4 is 10.2 Å². The number of likely N-dealkylation sites (tertiary alicyclic amines) is 1. The lowest BCUT2D eigenvalue weighted by Crippen LogP contribution is -2.42. The average Bonchev–Trinajstić information content (AvgIpc) is 3.01. The Bertz CT molecular complexity index is 706. The van der Waals surface area contributed by atoms with Crippen molar-refractivity contribution in [3.05, 3.63) is 29.9 Å². The number of anilines is 2. The number of amides is 1. The minimum atomic E-state index is -0.0674. The van der Waals surface area contributed by atoms with Gasteiger partial charge in [-0.05, 0) is 19.8 Å². The van der Waals surface area contributed by atoms with Gasteiger partial charge in [0.05, 0.1) is 0 Å². The maximum atomic E-state index is 12.4. The van der Waals surface area contributed by atoms with Gasteiger partial charge < -0.3 is 19.6 Å². The minimum Gasteiger partial charge on any atom is -0.367 e. The van der Waals surface area contributed by atoms with Gasteiger partial charge in [0.1, 0.15) is 23.7 Å². The van der Waals surface area contributed by atoms with Crippen molar-refractivity contribution in [3.63, 3.8) is 0 Å². The molecule has 24 heavy (non-hydrogen) atoms. The predicted octanol–water partition coefficient (Wildman–Crippen LogP) is 1.56. The second-order valence-electron chi connectivity index (χ2n) is 6.19. The fraction of sp³-hybridized carbons (Fsp3) is 0.500. The molecule has 8 heteroatoms. The van der Waals surface area contributed by atoms with Gasteiger partial charge >= 0.3 is 0 Å². The molecule has 1 amide bonds. The van der Waals surface area contributed by atoms with E-state index in [-0.39, 0.29) is 11.9 Å². The molecule has 3 heterocycles. The molecule has 2 aromatic rings. The molecule has 0 spiro atoms. The van der Waals surface area contributed by atoms with Crippen molar-refractivity contribution in [1.82, 2.24) is 20.0 Å². The molecule has 3 rings (SSSR count). The second-order valence-corrected chi connectivity index (χ2v) is 6.19. The number of nitrogens with one attached hydrogen (secondary N) is 1. The van der Waals surface area contributed by atoms with Gasteiger partial charge in [-0.15, -0.1) is 0 Å². The van der Waals surface area contributed by atoms with E-state index in [4.69, 9.17) is 4.52 Å². The molecule has 1 aliphatic heterocycles. The summed E-state index contributed by atoms with van der Waals surface area (Å²) in [5.74, 6) is 2.25. The minimum absolute atomic E-state index is 0.0674. The van der Waals surface area contributed by atoms with Crippen LogP contribution in [0.2, 0.25) is 0 Å². The third-order valence-corrected chi connectivity index (χ3v) is 4.09. The van der Waals surface area contributed by atoms with E-state index in [0.29, 0.717) is 24.5 Å². The van der Waals surface area contributed by atoms with Crippen LogP contribution in [-0.2, 0) is 0 Å². The zero-order valence-corrected chi connectivity index (χ0v) is 14.2. The summed E-state index contributed by atoms with van der Waals surface area (Å²) in [7, 11) is 3.89. The Morgan fingerprint density at radius 1 is 1.29 bits per heavy atom. The quantitative estimate of drug-likeness (QED) is 0.910. The second kappa shape index (κ2) is 6.86. The summed E-state index contributed by atoms with van der Waals surface area (Å²) in [5.41, 5.74) is 0.380. The highest BCUT2D eigenvalue weighted by molar-refractivity contribution is 5.92. The molecule has 1 N–H and O–H groups in total. The number of aryl methyl sites for hydroxylation is 1. The van der Waals surface area contributed by atoms with Gasteiger partial charge in [-0.3, -0.25) is 4.79 Å². The van der Waals surface area contributed by atoms with Crippen LogP contribution in [0.15, 0.2) is 23.0 Å². The Kier molecular flexibility index (Phi) is 4.64. The van der Waals surface area contributed by atoms with Crippen molar-refractivity contribution in [2.75, 3.05) is 37.4 Å². The molecule has 8 nitrogen and oxygen atoms in total. The van der Waals surface area contributed by atoms with Gasteiger partial charge in [-0.25, -0.2) is 9.97 Å². The molecular formula is C16H22N6O2. The number of nitrogens with zero attached hydrogens (tertiary/aromatic N) is 5. The number of rotatable bonds is 4. The SMILES string of the molecule is Cc1cc(C(=O)N2CCC(Nc3cc(N(C)C)ncn3)CC2)no1. The summed E-state index contributed by atoms with van der Waals surface area (Å²) in [6.07, 6.45) is 3.29. The zero-order valence-electron chi connectivity index (χ0n) is 14.2. The topological polar surface area (TPSA) is 87.4 Å². The molecule has 0 bridgehead atoms. The van der Waals surface area contributed by atoms with Crippen molar-refractivity contribution < 1.29 is 9.32 Å². The lowest BCUT2D eigenvalue weighted by atomic mass is 10.0. The Hall–Kier alpha value is -2.64. The summed E-state index contributed by atoms with van der Waals surface area (Å²) in [5, 5.41) is 7.23. The van der Waals surface area contributed by atoms with Gasteiger partial charge in [0.25, 0.3) is 5.91 Å². The fourth-order valence-electron chi connectivity index (χ4n) is 2.74. The number of piperidine rings is 1. The maximum Gasteiger partial charge on any atom is 0.276 e. The number of hydrogen-bond acceptors (Lipinski definition) is 7. The van der Waals surface area contributed by atoms with Crippen molar-refractivity contribution in [1.29, 1.82) is 0 Å². The molecule has 1 aliphatic rings. The Balaban J connectivity index is 1.55. The zero-order chi connectivity index (χ0) is 17.1.